The van der Waals surface area contributed by atoms with E-state index in [1.807, 2.05) is 24.3 Å². The molecule has 260 valence electrons. The number of benzene rings is 7. The number of hydrogen-bond donors (Lipinski definition) is 0. The molecule has 0 saturated carbocycles. The summed E-state index contributed by atoms with van der Waals surface area (Å²) in [6.07, 6.45) is 0. The summed E-state index contributed by atoms with van der Waals surface area (Å²) in [5, 5.41) is -0.489. The van der Waals surface area contributed by atoms with Crippen molar-refractivity contribution in [2.75, 3.05) is 0 Å². The Morgan fingerprint density at radius 3 is 1.80 bits per heavy atom. The summed E-state index contributed by atoms with van der Waals surface area (Å²) in [5.74, 6) is -2.26. The second kappa shape index (κ2) is 12.1. The summed E-state index contributed by atoms with van der Waals surface area (Å²) >= 11 is 1.51. The Kier molecular flexibility index (Phi) is 3.88. The lowest BCUT2D eigenvalue weighted by Gasteiger charge is -2.22. The second-order valence-corrected chi connectivity index (χ2v) is 14.0. The van der Waals surface area contributed by atoms with E-state index in [4.69, 9.17) is 23.6 Å². The summed E-state index contributed by atoms with van der Waals surface area (Å²) in [4.78, 5) is 17.4. The molecule has 0 aliphatic heterocycles. The third-order valence-electron chi connectivity index (χ3n) is 9.72. The molecule has 0 amide bonds. The van der Waals surface area contributed by atoms with E-state index in [-0.39, 0.29) is 21.9 Å². The lowest BCUT2D eigenvalue weighted by atomic mass is 9.81. The molecule has 0 N–H and O–H groups in total. The quantitative estimate of drug-likeness (QED) is 0.176. The highest BCUT2D eigenvalue weighted by atomic mass is 32.1. The van der Waals surface area contributed by atoms with Crippen molar-refractivity contribution < 1.29 is 31.8 Å². The molecule has 0 bridgehead atoms. The Labute approximate surface area is 349 Å². The first-order valence-electron chi connectivity index (χ1n) is 26.8. The molecule has 6 heteroatoms. The first-order chi connectivity index (χ1) is 35.3. The Hall–Kier alpha value is -6.76. The number of nitrogens with zero attached hydrogens (tertiary/aromatic N) is 4. The predicted molar refractivity (Wildman–Crippen MR) is 225 cm³/mol. The molecule has 3 heterocycles. The van der Waals surface area contributed by atoms with E-state index >= 15 is 0 Å². The molecule has 11 rings (SSSR count). The molecule has 0 spiro atoms. The minimum atomic E-state index is -0.920. The van der Waals surface area contributed by atoms with Crippen molar-refractivity contribution in [2.24, 2.45) is 0 Å². The van der Waals surface area contributed by atoms with E-state index in [1.165, 1.54) is 11.3 Å². The van der Waals surface area contributed by atoms with Crippen molar-refractivity contribution in [1.82, 2.24) is 19.9 Å². The van der Waals surface area contributed by atoms with E-state index in [1.54, 1.807) is 11.6 Å². The van der Waals surface area contributed by atoms with Crippen LogP contribution in [0.2, 0.25) is 0 Å². The van der Waals surface area contributed by atoms with Gasteiger partial charge in [-0.25, -0.2) is 19.9 Å². The molecule has 0 saturated heterocycles. The van der Waals surface area contributed by atoms with Gasteiger partial charge in [0.1, 0.15) is 11.2 Å². The highest BCUT2D eigenvalue weighted by Gasteiger charge is 2.37. The molecule has 0 fully saturated rings. The molecule has 0 unspecified atom stereocenters. The van der Waals surface area contributed by atoms with Crippen LogP contribution in [0.1, 0.15) is 52.4 Å². The molecule has 10 aromatic rings. The van der Waals surface area contributed by atoms with Gasteiger partial charge < -0.3 is 4.42 Å². The van der Waals surface area contributed by atoms with E-state index in [9.17, 15) is 8.22 Å². The van der Waals surface area contributed by atoms with E-state index in [2.05, 4.69) is 33.8 Å². The van der Waals surface area contributed by atoms with Gasteiger partial charge in [-0.2, -0.15) is 0 Å². The van der Waals surface area contributed by atoms with Gasteiger partial charge in [-0.15, -0.1) is 11.3 Å². The average molecular weight is 745 g/mol. The van der Waals surface area contributed by atoms with Gasteiger partial charge in [0.05, 0.1) is 43.1 Å². The third kappa shape index (κ3) is 4.99. The number of thiazole rings is 1. The first-order valence-corrected chi connectivity index (χ1v) is 17.7. The summed E-state index contributed by atoms with van der Waals surface area (Å²) in [5.41, 5.74) is 2.43. The SMILES string of the molecule is [2H]c1c([2H])c([2H])c(-c2nc(-c3c([2H])c([2H])c([2H])c([2H])c3[2H])nc(-c3c([2H])c([2H])c([2H])c(-c4c([2H])c([2H])c([2H])c5c4oc4c(-c6ccc7c(c6)C(C)(C)c6ccc8ncsc8c6-7)c([2H])c([2H])c([2H])c45)c3[2H])n2)c([2H])c1[2H]. The van der Waals surface area contributed by atoms with Crippen LogP contribution in [0.15, 0.2) is 161 Å². The fourth-order valence-electron chi connectivity index (χ4n) is 7.14. The largest absolute Gasteiger partial charge is 0.455 e. The van der Waals surface area contributed by atoms with Crippen molar-refractivity contribution in [3.05, 3.63) is 168 Å². The standard InChI is InChI=1S/C49H32N4OS/c1-49(2)39-24-25-41-45(55-28-50-41)42(39)38-23-22-32(27-40(38)49)35-19-11-21-37-36-20-10-18-34(43(36)54-44(35)37)31-16-9-17-33(26-31)48-52-46(29-12-5-3-6-13-29)51-47(53-48)30-14-7-4-8-15-30/h3-28H,1-2H3/i3D,4D,5D,6D,7D,8D,9D,10D,11D,12D,13D,14D,15D,16D,17D,18D,19D,20D,21D,26D. The van der Waals surface area contributed by atoms with Crippen molar-refractivity contribution in [1.29, 1.82) is 0 Å². The van der Waals surface area contributed by atoms with Gasteiger partial charge in [-0.3, -0.25) is 0 Å². The van der Waals surface area contributed by atoms with Crippen molar-refractivity contribution in [3.63, 3.8) is 0 Å². The van der Waals surface area contributed by atoms with Gasteiger partial charge in [0, 0.05) is 49.6 Å². The topological polar surface area (TPSA) is 64.7 Å². The first kappa shape index (κ1) is 17.6. The maximum absolute atomic E-state index is 9.76. The number of furan rings is 1. The zero-order chi connectivity index (χ0) is 54.1. The fraction of sp³-hybridized carbons (Fsp3) is 0.0612. The molecule has 0 radical (unpaired) electrons. The lowest BCUT2D eigenvalue weighted by molar-refractivity contribution is 0.660. The van der Waals surface area contributed by atoms with E-state index in [0.29, 0.717) is 5.56 Å². The van der Waals surface area contributed by atoms with Gasteiger partial charge in [-0.05, 0) is 46.0 Å². The van der Waals surface area contributed by atoms with E-state index in [0.717, 1.165) is 32.5 Å². The minimum absolute atomic E-state index is 0.0224. The van der Waals surface area contributed by atoms with Gasteiger partial charge in [0.15, 0.2) is 17.5 Å². The van der Waals surface area contributed by atoms with Gasteiger partial charge in [-0.1, -0.05) is 147 Å². The highest BCUT2D eigenvalue weighted by Crippen LogP contribution is 2.53. The van der Waals surface area contributed by atoms with Crippen molar-refractivity contribution in [3.8, 4) is 67.5 Å². The molecule has 1 aliphatic rings. The summed E-state index contributed by atoms with van der Waals surface area (Å²) in [6.45, 7) is 4.11. The highest BCUT2D eigenvalue weighted by molar-refractivity contribution is 7.17. The Bertz CT molecular complexity index is 4160. The molecule has 3 aromatic heterocycles. The maximum atomic E-state index is 9.76. The van der Waals surface area contributed by atoms with Crippen LogP contribution in [0.5, 0.6) is 0 Å². The van der Waals surface area contributed by atoms with Crippen LogP contribution in [-0.4, -0.2) is 19.9 Å². The van der Waals surface area contributed by atoms with Crippen LogP contribution in [0, 0.1) is 0 Å². The van der Waals surface area contributed by atoms with Crippen molar-refractivity contribution in [2.45, 2.75) is 19.3 Å². The summed E-state index contributed by atoms with van der Waals surface area (Å²) < 4.78 is 185. The number of rotatable bonds is 5. The smallest absolute Gasteiger partial charge is 0.164 e. The lowest BCUT2D eigenvalue weighted by Crippen LogP contribution is -2.14. The molecular weight excluding hydrogens is 693 g/mol. The minimum Gasteiger partial charge on any atom is -0.455 e. The van der Waals surface area contributed by atoms with Crippen LogP contribution in [0.4, 0.5) is 0 Å². The van der Waals surface area contributed by atoms with Gasteiger partial charge in [0.25, 0.3) is 0 Å². The van der Waals surface area contributed by atoms with Crippen LogP contribution in [0.25, 0.3) is 99.7 Å². The summed E-state index contributed by atoms with van der Waals surface area (Å²) in [6, 6.07) is -6.10. The molecule has 1 aliphatic carbocycles. The maximum Gasteiger partial charge on any atom is 0.164 e. The van der Waals surface area contributed by atoms with E-state index < -0.39 is 177 Å². The summed E-state index contributed by atoms with van der Waals surface area (Å²) in [7, 11) is 0. The van der Waals surface area contributed by atoms with Crippen LogP contribution in [-0.2, 0) is 5.41 Å². The zero-order valence-corrected chi connectivity index (χ0v) is 29.4. The monoisotopic (exact) mass is 744 g/mol. The van der Waals surface area contributed by atoms with Gasteiger partial charge >= 0.3 is 0 Å². The van der Waals surface area contributed by atoms with Crippen LogP contribution >= 0.6 is 11.3 Å². The molecule has 7 aromatic carbocycles. The zero-order valence-electron chi connectivity index (χ0n) is 48.6. The van der Waals surface area contributed by atoms with Crippen molar-refractivity contribution >= 4 is 43.5 Å². The molecule has 0 atom stereocenters. The Balaban J connectivity index is 1.21. The number of fused-ring (bicyclic) bond motifs is 8. The van der Waals surface area contributed by atoms with Gasteiger partial charge in [0.2, 0.25) is 0 Å². The fourth-order valence-corrected chi connectivity index (χ4v) is 7.99. The van der Waals surface area contributed by atoms with Crippen LogP contribution < -0.4 is 0 Å². The Morgan fingerprint density at radius 1 is 0.545 bits per heavy atom. The molecular formula is C49H32N4OS. The predicted octanol–water partition coefficient (Wildman–Crippen LogP) is 13.0. The molecule has 5 nitrogen and oxygen atoms in total. The normalized spacial score (nSPS) is 18.1. The number of hydrogen-bond acceptors (Lipinski definition) is 6. The second-order valence-electron chi connectivity index (χ2n) is 13.1. The number of aromatic nitrogens is 4. The third-order valence-corrected chi connectivity index (χ3v) is 10.6. The van der Waals surface area contributed by atoms with Crippen LogP contribution in [0.3, 0.4) is 0 Å². The number of para-hydroxylation sites is 2. The molecule has 55 heavy (non-hydrogen) atoms. The Morgan fingerprint density at radius 2 is 1.13 bits per heavy atom. The average Bonchev–Trinajstić information content (AvgIpc) is 4.13.